The summed E-state index contributed by atoms with van der Waals surface area (Å²) >= 11 is 0. The van der Waals surface area contributed by atoms with Crippen LogP contribution < -0.4 is 20.4 Å². The molecule has 0 aromatic heterocycles. The third-order valence-corrected chi connectivity index (χ3v) is 4.94. The number of aliphatic imine (C=N–C) groups is 1. The fourth-order valence-electron chi connectivity index (χ4n) is 3.27. The molecule has 0 saturated carbocycles. The van der Waals surface area contributed by atoms with Crippen LogP contribution >= 0.6 is 24.0 Å². The minimum Gasteiger partial charge on any atom is -0.373 e. The van der Waals surface area contributed by atoms with Crippen molar-refractivity contribution in [3.8, 4) is 0 Å². The van der Waals surface area contributed by atoms with E-state index in [4.69, 9.17) is 0 Å². The quantitative estimate of drug-likeness (QED) is 0.343. The van der Waals surface area contributed by atoms with Crippen LogP contribution in [0.25, 0.3) is 0 Å². The summed E-state index contributed by atoms with van der Waals surface area (Å²) in [7, 11) is 3.86. The molecule has 6 nitrogen and oxygen atoms in total. The monoisotopic (exact) mass is 507 g/mol. The Hall–Kier alpha value is -2.29. The van der Waals surface area contributed by atoms with Gasteiger partial charge in [-0.2, -0.15) is 0 Å². The van der Waals surface area contributed by atoms with Gasteiger partial charge in [0.15, 0.2) is 5.96 Å². The van der Waals surface area contributed by atoms with Gasteiger partial charge >= 0.3 is 0 Å². The van der Waals surface area contributed by atoms with Crippen molar-refractivity contribution >= 4 is 47.2 Å². The van der Waals surface area contributed by atoms with E-state index in [1.54, 1.807) is 7.05 Å². The lowest BCUT2D eigenvalue weighted by Gasteiger charge is -2.20. The van der Waals surface area contributed by atoms with Gasteiger partial charge in [0.1, 0.15) is 0 Å². The second-order valence-corrected chi connectivity index (χ2v) is 6.93. The Bertz CT molecular complexity index is 795. The van der Waals surface area contributed by atoms with E-state index in [1.165, 1.54) is 5.69 Å². The van der Waals surface area contributed by atoms with Crippen molar-refractivity contribution in [2.75, 3.05) is 43.5 Å². The Morgan fingerprint density at radius 1 is 1.10 bits per heavy atom. The molecule has 0 atom stereocenters. The van der Waals surface area contributed by atoms with Crippen molar-refractivity contribution in [3.05, 3.63) is 60.2 Å². The first-order valence-electron chi connectivity index (χ1n) is 9.77. The van der Waals surface area contributed by atoms with E-state index < -0.39 is 0 Å². The van der Waals surface area contributed by atoms with Gasteiger partial charge in [-0.05, 0) is 36.2 Å². The Morgan fingerprint density at radius 3 is 2.45 bits per heavy atom. The standard InChI is InChI=1S/C22H29N5O.HI/c1-23-22(24-14-16-26(2)19-7-4-3-5-8-19)25-17-18-10-12-20(13-11-18)27-15-6-9-21(27)28;/h3-5,7-8,10-13H,6,9,14-17H2,1-2H3,(H2,23,24,25);1H. The number of carbonyl (C=O) groups is 1. The molecule has 1 amide bonds. The van der Waals surface area contributed by atoms with Crippen LogP contribution in [-0.4, -0.2) is 45.6 Å². The second-order valence-electron chi connectivity index (χ2n) is 6.93. The molecule has 1 heterocycles. The summed E-state index contributed by atoms with van der Waals surface area (Å²) < 4.78 is 0. The first kappa shape index (κ1) is 23.0. The van der Waals surface area contributed by atoms with Gasteiger partial charge in [0.05, 0.1) is 0 Å². The highest BCUT2D eigenvalue weighted by Crippen LogP contribution is 2.21. The number of anilines is 2. The predicted octanol–water partition coefficient (Wildman–Crippen LogP) is 3.23. The summed E-state index contributed by atoms with van der Waals surface area (Å²) in [6, 6.07) is 18.5. The molecule has 2 aromatic rings. The Labute approximate surface area is 190 Å². The molecule has 0 unspecified atom stereocenters. The van der Waals surface area contributed by atoms with Gasteiger partial charge in [-0.1, -0.05) is 30.3 Å². The normalized spacial score (nSPS) is 13.8. The van der Waals surface area contributed by atoms with Crippen LogP contribution in [0.5, 0.6) is 0 Å². The lowest BCUT2D eigenvalue weighted by molar-refractivity contribution is -0.117. The lowest BCUT2D eigenvalue weighted by atomic mass is 10.2. The van der Waals surface area contributed by atoms with Gasteiger partial charge in [-0.3, -0.25) is 9.79 Å². The fraction of sp³-hybridized carbons (Fsp3) is 0.364. The molecule has 1 aliphatic rings. The number of hydrogen-bond donors (Lipinski definition) is 2. The van der Waals surface area contributed by atoms with Crippen LogP contribution in [-0.2, 0) is 11.3 Å². The maximum Gasteiger partial charge on any atom is 0.227 e. The number of halogens is 1. The van der Waals surface area contributed by atoms with Gasteiger partial charge in [0.25, 0.3) is 0 Å². The summed E-state index contributed by atoms with van der Waals surface area (Å²) in [5.74, 6) is 0.996. The van der Waals surface area contributed by atoms with Crippen LogP contribution in [0.1, 0.15) is 18.4 Å². The van der Waals surface area contributed by atoms with Crippen molar-refractivity contribution in [3.63, 3.8) is 0 Å². The minimum absolute atomic E-state index is 0. The van der Waals surface area contributed by atoms with Crippen LogP contribution in [0.15, 0.2) is 59.6 Å². The molecule has 7 heteroatoms. The Morgan fingerprint density at radius 2 is 1.83 bits per heavy atom. The molecule has 0 spiro atoms. The fourth-order valence-corrected chi connectivity index (χ4v) is 3.27. The van der Waals surface area contributed by atoms with Crippen LogP contribution in [0, 0.1) is 0 Å². The van der Waals surface area contributed by atoms with E-state index in [2.05, 4.69) is 51.8 Å². The number of benzene rings is 2. The maximum atomic E-state index is 11.8. The summed E-state index contributed by atoms with van der Waals surface area (Å²) in [4.78, 5) is 20.2. The van der Waals surface area contributed by atoms with E-state index in [-0.39, 0.29) is 29.9 Å². The third-order valence-electron chi connectivity index (χ3n) is 4.94. The van der Waals surface area contributed by atoms with E-state index in [1.807, 2.05) is 35.2 Å². The number of rotatable bonds is 7. The molecule has 0 aliphatic carbocycles. The van der Waals surface area contributed by atoms with Crippen molar-refractivity contribution < 1.29 is 4.79 Å². The van der Waals surface area contributed by atoms with Crippen molar-refractivity contribution in [2.24, 2.45) is 4.99 Å². The average Bonchev–Trinajstić information content (AvgIpc) is 3.17. The molecular weight excluding hydrogens is 477 g/mol. The number of carbonyl (C=O) groups excluding carboxylic acids is 1. The van der Waals surface area contributed by atoms with E-state index in [0.717, 1.165) is 43.3 Å². The van der Waals surface area contributed by atoms with Gasteiger partial charge < -0.3 is 20.4 Å². The highest BCUT2D eigenvalue weighted by atomic mass is 127. The highest BCUT2D eigenvalue weighted by Gasteiger charge is 2.21. The molecule has 2 N–H and O–H groups in total. The van der Waals surface area contributed by atoms with Crippen molar-refractivity contribution in [1.82, 2.24) is 10.6 Å². The zero-order chi connectivity index (χ0) is 19.8. The first-order chi connectivity index (χ1) is 13.7. The van der Waals surface area contributed by atoms with Crippen molar-refractivity contribution in [2.45, 2.75) is 19.4 Å². The number of nitrogens with one attached hydrogen (secondary N) is 2. The minimum atomic E-state index is 0. The van der Waals surface area contributed by atoms with Gasteiger partial charge in [0, 0.05) is 58.1 Å². The predicted molar refractivity (Wildman–Crippen MR) is 131 cm³/mol. The number of para-hydroxylation sites is 1. The zero-order valence-corrected chi connectivity index (χ0v) is 19.4. The lowest BCUT2D eigenvalue weighted by Crippen LogP contribution is -2.40. The first-order valence-corrected chi connectivity index (χ1v) is 9.77. The van der Waals surface area contributed by atoms with E-state index >= 15 is 0 Å². The molecule has 29 heavy (non-hydrogen) atoms. The number of hydrogen-bond acceptors (Lipinski definition) is 3. The molecular formula is C22H30IN5O. The van der Waals surface area contributed by atoms with Crippen LogP contribution in [0.4, 0.5) is 11.4 Å². The second kappa shape index (κ2) is 11.6. The van der Waals surface area contributed by atoms with Crippen molar-refractivity contribution in [1.29, 1.82) is 0 Å². The molecule has 156 valence electrons. The summed E-state index contributed by atoms with van der Waals surface area (Å²) in [5, 5.41) is 6.68. The van der Waals surface area contributed by atoms with Gasteiger partial charge in [-0.15, -0.1) is 24.0 Å². The van der Waals surface area contributed by atoms with Crippen LogP contribution in [0.2, 0.25) is 0 Å². The Balaban J connectivity index is 0.00000300. The molecule has 2 aromatic carbocycles. The molecule has 3 rings (SSSR count). The number of guanidine groups is 1. The number of likely N-dealkylation sites (N-methyl/N-ethyl adjacent to an activating group) is 1. The molecule has 1 saturated heterocycles. The maximum absolute atomic E-state index is 11.8. The van der Waals surface area contributed by atoms with E-state index in [0.29, 0.717) is 13.0 Å². The Kier molecular flexibility index (Phi) is 9.24. The molecule has 1 aliphatic heterocycles. The number of amides is 1. The van der Waals surface area contributed by atoms with Gasteiger partial charge in [0.2, 0.25) is 5.91 Å². The summed E-state index contributed by atoms with van der Waals surface area (Å²) in [5.41, 5.74) is 3.33. The largest absolute Gasteiger partial charge is 0.373 e. The molecule has 1 fully saturated rings. The van der Waals surface area contributed by atoms with E-state index in [9.17, 15) is 4.79 Å². The topological polar surface area (TPSA) is 60.0 Å². The number of nitrogens with zero attached hydrogens (tertiary/aromatic N) is 3. The smallest absolute Gasteiger partial charge is 0.227 e. The third kappa shape index (κ3) is 6.62. The molecule has 0 bridgehead atoms. The zero-order valence-electron chi connectivity index (χ0n) is 17.1. The average molecular weight is 507 g/mol. The SMILES string of the molecule is CN=C(NCCN(C)c1ccccc1)NCc1ccc(N2CCCC2=O)cc1.I. The highest BCUT2D eigenvalue weighted by molar-refractivity contribution is 14.0. The summed E-state index contributed by atoms with van der Waals surface area (Å²) in [6.45, 7) is 3.18. The van der Waals surface area contributed by atoms with Gasteiger partial charge in [-0.25, -0.2) is 0 Å². The van der Waals surface area contributed by atoms with Crippen LogP contribution in [0.3, 0.4) is 0 Å². The summed E-state index contributed by atoms with van der Waals surface area (Å²) in [6.07, 6.45) is 1.61. The molecule has 0 radical (unpaired) electrons.